The molecule has 82 valence electrons. The summed E-state index contributed by atoms with van der Waals surface area (Å²) < 4.78 is 0. The Labute approximate surface area is 90.2 Å². The quantitative estimate of drug-likeness (QED) is 0.514. The molecule has 0 aromatic heterocycles. The molecule has 0 radical (unpaired) electrons. The van der Waals surface area contributed by atoms with Gasteiger partial charge in [0.05, 0.1) is 0 Å². The molecule has 0 unspecified atom stereocenters. The van der Waals surface area contributed by atoms with Gasteiger partial charge in [0, 0.05) is 18.5 Å². The Bertz CT molecular complexity index is 317. The lowest BCUT2D eigenvalue weighted by Crippen LogP contribution is -2.41. The number of amides is 3. The maximum Gasteiger partial charge on any atom is 0.327 e. The molecule has 0 saturated carbocycles. The molecule has 1 heterocycles. The number of imide groups is 1. The third-order valence-corrected chi connectivity index (χ3v) is 2.50. The van der Waals surface area contributed by atoms with E-state index in [4.69, 9.17) is 6.42 Å². The molecule has 0 bridgehead atoms. The highest BCUT2D eigenvalue weighted by molar-refractivity contribution is 6.02. The fraction of sp³-hybridized carbons (Fsp3) is 0.636. The molecule has 0 aromatic rings. The Hall–Kier alpha value is -1.50. The Kier molecular flexibility index (Phi) is 3.35. The van der Waals surface area contributed by atoms with Crippen LogP contribution in [-0.4, -0.2) is 40.4 Å². The third-order valence-electron chi connectivity index (χ3n) is 2.50. The van der Waals surface area contributed by atoms with Gasteiger partial charge in [-0.1, -0.05) is 0 Å². The molecule has 0 aromatic carbocycles. The summed E-state index contributed by atoms with van der Waals surface area (Å²) in [5, 5.41) is 0. The Balaban J connectivity index is 2.80. The second-order valence-electron chi connectivity index (χ2n) is 4.03. The summed E-state index contributed by atoms with van der Waals surface area (Å²) in [5.74, 6) is 2.31. The van der Waals surface area contributed by atoms with Crippen LogP contribution >= 0.6 is 0 Å². The van der Waals surface area contributed by atoms with Crippen LogP contribution in [-0.2, 0) is 4.79 Å². The number of hydrogen-bond donors (Lipinski definition) is 0. The lowest BCUT2D eigenvalue weighted by atomic mass is 10.2. The van der Waals surface area contributed by atoms with Crippen molar-refractivity contribution < 1.29 is 9.59 Å². The number of nitrogens with zero attached hydrogens (tertiary/aromatic N) is 2. The molecular formula is C11H16N2O2. The minimum Gasteiger partial charge on any atom is -0.313 e. The molecule has 4 heteroatoms. The first kappa shape index (κ1) is 11.6. The first-order valence-corrected chi connectivity index (χ1v) is 5.05. The Morgan fingerprint density at radius 2 is 2.00 bits per heavy atom. The van der Waals surface area contributed by atoms with E-state index in [2.05, 4.69) is 5.92 Å². The van der Waals surface area contributed by atoms with Crippen molar-refractivity contribution in [2.45, 2.75) is 39.3 Å². The molecule has 0 spiro atoms. The standard InChI is InChI=1S/C11H16N2O2/c1-5-6-9(4)13-10(14)7-12(8(2)3)11(13)15/h1,8-9H,6-7H2,2-4H3/t9-/m0/s1. The van der Waals surface area contributed by atoms with Gasteiger partial charge in [-0.3, -0.25) is 9.69 Å². The van der Waals surface area contributed by atoms with Crippen LogP contribution in [0.2, 0.25) is 0 Å². The van der Waals surface area contributed by atoms with E-state index < -0.39 is 0 Å². The predicted molar refractivity (Wildman–Crippen MR) is 57.0 cm³/mol. The average Bonchev–Trinajstić information content (AvgIpc) is 2.42. The predicted octanol–water partition coefficient (Wildman–Crippen LogP) is 1.07. The summed E-state index contributed by atoms with van der Waals surface area (Å²) >= 11 is 0. The van der Waals surface area contributed by atoms with Crippen LogP contribution in [0.15, 0.2) is 0 Å². The zero-order valence-corrected chi connectivity index (χ0v) is 9.36. The van der Waals surface area contributed by atoms with E-state index in [1.807, 2.05) is 13.8 Å². The van der Waals surface area contributed by atoms with Crippen molar-refractivity contribution >= 4 is 11.9 Å². The van der Waals surface area contributed by atoms with Gasteiger partial charge < -0.3 is 4.90 Å². The number of terminal acetylenes is 1. The zero-order chi connectivity index (χ0) is 11.6. The van der Waals surface area contributed by atoms with Gasteiger partial charge in [-0.15, -0.1) is 12.3 Å². The second kappa shape index (κ2) is 4.35. The molecular weight excluding hydrogens is 192 g/mol. The van der Waals surface area contributed by atoms with Gasteiger partial charge in [0.15, 0.2) is 0 Å². The van der Waals surface area contributed by atoms with Gasteiger partial charge in [0.2, 0.25) is 0 Å². The molecule has 1 saturated heterocycles. The number of carbonyl (C=O) groups is 2. The van der Waals surface area contributed by atoms with Crippen LogP contribution < -0.4 is 0 Å². The van der Waals surface area contributed by atoms with E-state index in [1.165, 1.54) is 4.90 Å². The average molecular weight is 208 g/mol. The van der Waals surface area contributed by atoms with Gasteiger partial charge in [0.25, 0.3) is 5.91 Å². The number of urea groups is 1. The molecule has 1 aliphatic rings. The summed E-state index contributed by atoms with van der Waals surface area (Å²) in [6.45, 7) is 5.74. The van der Waals surface area contributed by atoms with Crippen LogP contribution in [0.25, 0.3) is 0 Å². The summed E-state index contributed by atoms with van der Waals surface area (Å²) in [7, 11) is 0. The summed E-state index contributed by atoms with van der Waals surface area (Å²) in [4.78, 5) is 26.3. The second-order valence-corrected chi connectivity index (χ2v) is 4.03. The highest BCUT2D eigenvalue weighted by Crippen LogP contribution is 2.17. The van der Waals surface area contributed by atoms with Gasteiger partial charge >= 0.3 is 6.03 Å². The lowest BCUT2D eigenvalue weighted by Gasteiger charge is -2.23. The fourth-order valence-corrected chi connectivity index (χ4v) is 1.63. The van der Waals surface area contributed by atoms with Crippen molar-refractivity contribution in [1.29, 1.82) is 0 Å². The van der Waals surface area contributed by atoms with Crippen molar-refractivity contribution in [2.75, 3.05) is 6.54 Å². The van der Waals surface area contributed by atoms with Crippen molar-refractivity contribution in [2.24, 2.45) is 0 Å². The Morgan fingerprint density at radius 3 is 2.40 bits per heavy atom. The largest absolute Gasteiger partial charge is 0.327 e. The first-order chi connectivity index (χ1) is 6.99. The van der Waals surface area contributed by atoms with Crippen molar-refractivity contribution in [3.05, 3.63) is 0 Å². The van der Waals surface area contributed by atoms with Crippen LogP contribution in [0.1, 0.15) is 27.2 Å². The van der Waals surface area contributed by atoms with Crippen LogP contribution in [0.5, 0.6) is 0 Å². The van der Waals surface area contributed by atoms with E-state index in [-0.39, 0.29) is 30.6 Å². The van der Waals surface area contributed by atoms with E-state index in [0.717, 1.165) is 0 Å². The summed E-state index contributed by atoms with van der Waals surface area (Å²) in [5.41, 5.74) is 0. The van der Waals surface area contributed by atoms with E-state index in [0.29, 0.717) is 6.42 Å². The van der Waals surface area contributed by atoms with Gasteiger partial charge in [0.1, 0.15) is 6.54 Å². The highest BCUT2D eigenvalue weighted by atomic mass is 16.2. The van der Waals surface area contributed by atoms with Crippen LogP contribution in [0, 0.1) is 12.3 Å². The van der Waals surface area contributed by atoms with Gasteiger partial charge in [-0.05, 0) is 20.8 Å². The lowest BCUT2D eigenvalue weighted by molar-refractivity contribution is -0.126. The molecule has 0 aliphatic carbocycles. The monoisotopic (exact) mass is 208 g/mol. The third kappa shape index (κ3) is 2.12. The van der Waals surface area contributed by atoms with Gasteiger partial charge in [-0.2, -0.15) is 0 Å². The Morgan fingerprint density at radius 1 is 1.40 bits per heavy atom. The number of rotatable bonds is 3. The molecule has 1 atom stereocenters. The molecule has 0 N–H and O–H groups in total. The smallest absolute Gasteiger partial charge is 0.313 e. The molecule has 1 rings (SSSR count). The normalized spacial score (nSPS) is 18.6. The molecule has 4 nitrogen and oxygen atoms in total. The minimum absolute atomic E-state index is 0.0458. The summed E-state index contributed by atoms with van der Waals surface area (Å²) in [6, 6.07) is -0.388. The van der Waals surface area contributed by atoms with E-state index in [9.17, 15) is 9.59 Å². The van der Waals surface area contributed by atoms with Crippen molar-refractivity contribution in [3.8, 4) is 12.3 Å². The number of carbonyl (C=O) groups excluding carboxylic acids is 2. The highest BCUT2D eigenvalue weighted by Gasteiger charge is 2.39. The molecule has 3 amide bonds. The van der Waals surface area contributed by atoms with Crippen LogP contribution in [0.4, 0.5) is 4.79 Å². The van der Waals surface area contributed by atoms with Crippen molar-refractivity contribution in [1.82, 2.24) is 9.80 Å². The zero-order valence-electron chi connectivity index (χ0n) is 9.36. The van der Waals surface area contributed by atoms with Crippen LogP contribution in [0.3, 0.4) is 0 Å². The van der Waals surface area contributed by atoms with Gasteiger partial charge in [-0.25, -0.2) is 4.79 Å². The fourth-order valence-electron chi connectivity index (χ4n) is 1.63. The van der Waals surface area contributed by atoms with Crippen molar-refractivity contribution in [3.63, 3.8) is 0 Å². The maximum atomic E-state index is 11.8. The molecule has 1 fully saturated rings. The minimum atomic E-state index is -0.224. The topological polar surface area (TPSA) is 40.6 Å². The molecule has 15 heavy (non-hydrogen) atoms. The van der Waals surface area contributed by atoms with E-state index in [1.54, 1.807) is 11.8 Å². The molecule has 1 aliphatic heterocycles. The number of hydrogen-bond acceptors (Lipinski definition) is 2. The SMILES string of the molecule is C#CC[C@H](C)N1C(=O)CN(C(C)C)C1=O. The van der Waals surface area contributed by atoms with E-state index >= 15 is 0 Å². The maximum absolute atomic E-state index is 11.8. The first-order valence-electron chi connectivity index (χ1n) is 5.05. The summed E-state index contributed by atoms with van der Waals surface area (Å²) in [6.07, 6.45) is 5.58.